The SMILES string of the molecule is O=S(=O)(NC1CCCCNC1)c1c(Cl)cc(Br)cc1Cl. The van der Waals surface area contributed by atoms with E-state index in [1.165, 1.54) is 12.1 Å². The highest BCUT2D eigenvalue weighted by atomic mass is 79.9. The van der Waals surface area contributed by atoms with Crippen LogP contribution in [-0.2, 0) is 10.0 Å². The third-order valence-corrected chi connectivity index (χ3v) is 6.00. The Morgan fingerprint density at radius 2 is 1.90 bits per heavy atom. The molecule has 1 aliphatic heterocycles. The normalized spacial score (nSPS) is 20.6. The topological polar surface area (TPSA) is 58.2 Å². The first kappa shape index (κ1) is 16.5. The first-order chi connectivity index (χ1) is 9.40. The van der Waals surface area contributed by atoms with Crippen LogP contribution in [0.15, 0.2) is 21.5 Å². The van der Waals surface area contributed by atoms with Gasteiger partial charge in [0.2, 0.25) is 10.0 Å². The summed E-state index contributed by atoms with van der Waals surface area (Å²) < 4.78 is 28.2. The number of hydrogen-bond donors (Lipinski definition) is 2. The Kier molecular flexibility index (Phi) is 5.73. The van der Waals surface area contributed by atoms with Crippen molar-refractivity contribution in [1.29, 1.82) is 0 Å². The third-order valence-electron chi connectivity index (χ3n) is 3.10. The highest BCUT2D eigenvalue weighted by Gasteiger charge is 2.26. The van der Waals surface area contributed by atoms with Crippen LogP contribution in [0, 0.1) is 0 Å². The Bertz CT molecular complexity index is 564. The molecule has 0 radical (unpaired) electrons. The molecule has 2 N–H and O–H groups in total. The monoisotopic (exact) mass is 400 g/mol. The molecule has 0 aliphatic carbocycles. The van der Waals surface area contributed by atoms with E-state index in [-0.39, 0.29) is 21.0 Å². The number of rotatable bonds is 3. The summed E-state index contributed by atoms with van der Waals surface area (Å²) in [7, 11) is -3.73. The van der Waals surface area contributed by atoms with Crippen molar-refractivity contribution in [2.24, 2.45) is 0 Å². The minimum Gasteiger partial charge on any atom is -0.315 e. The van der Waals surface area contributed by atoms with Crippen LogP contribution < -0.4 is 10.0 Å². The lowest BCUT2D eigenvalue weighted by Gasteiger charge is -2.18. The zero-order valence-corrected chi connectivity index (χ0v) is 14.5. The second kappa shape index (κ2) is 6.94. The van der Waals surface area contributed by atoms with E-state index >= 15 is 0 Å². The summed E-state index contributed by atoms with van der Waals surface area (Å²) in [5, 5.41) is 3.43. The Balaban J connectivity index is 2.26. The molecule has 1 aliphatic rings. The smallest absolute Gasteiger partial charge is 0.243 e. The van der Waals surface area contributed by atoms with Crippen LogP contribution in [0.5, 0.6) is 0 Å². The standard InChI is InChI=1S/C12H15BrCl2N2O2S/c13-8-5-10(14)12(11(15)6-8)20(18,19)17-9-3-1-2-4-16-7-9/h5-6,9,16-17H,1-4,7H2. The summed E-state index contributed by atoms with van der Waals surface area (Å²) in [6.45, 7) is 1.53. The average Bonchev–Trinajstić information content (AvgIpc) is 2.54. The minimum absolute atomic E-state index is 0.0618. The maximum Gasteiger partial charge on any atom is 0.243 e. The van der Waals surface area contributed by atoms with Gasteiger partial charge in [-0.25, -0.2) is 13.1 Å². The lowest BCUT2D eigenvalue weighted by Crippen LogP contribution is -2.40. The largest absolute Gasteiger partial charge is 0.315 e. The molecule has 1 unspecified atom stereocenters. The number of halogens is 3. The molecule has 0 amide bonds. The van der Waals surface area contributed by atoms with E-state index in [2.05, 4.69) is 26.0 Å². The van der Waals surface area contributed by atoms with Gasteiger partial charge in [0.15, 0.2) is 0 Å². The summed E-state index contributed by atoms with van der Waals surface area (Å²) >= 11 is 15.3. The van der Waals surface area contributed by atoms with Crippen LogP contribution in [0.1, 0.15) is 19.3 Å². The molecule has 112 valence electrons. The molecule has 1 fully saturated rings. The minimum atomic E-state index is -3.73. The van der Waals surface area contributed by atoms with E-state index in [9.17, 15) is 8.42 Å². The lowest BCUT2D eigenvalue weighted by molar-refractivity contribution is 0.521. The van der Waals surface area contributed by atoms with Gasteiger partial charge in [-0.05, 0) is 31.5 Å². The van der Waals surface area contributed by atoms with Gasteiger partial charge < -0.3 is 5.32 Å². The maximum absolute atomic E-state index is 12.4. The molecule has 0 saturated carbocycles. The van der Waals surface area contributed by atoms with Crippen LogP contribution in [0.25, 0.3) is 0 Å². The van der Waals surface area contributed by atoms with Gasteiger partial charge >= 0.3 is 0 Å². The van der Waals surface area contributed by atoms with Gasteiger partial charge in [-0.15, -0.1) is 0 Å². The molecule has 1 saturated heterocycles. The third kappa shape index (κ3) is 4.08. The van der Waals surface area contributed by atoms with Crippen molar-refractivity contribution in [1.82, 2.24) is 10.0 Å². The number of nitrogens with one attached hydrogen (secondary N) is 2. The fraction of sp³-hybridized carbons (Fsp3) is 0.500. The Morgan fingerprint density at radius 1 is 1.25 bits per heavy atom. The zero-order chi connectivity index (χ0) is 14.8. The van der Waals surface area contributed by atoms with Crippen LogP contribution in [0.4, 0.5) is 0 Å². The second-order valence-corrected chi connectivity index (χ2v) is 8.10. The van der Waals surface area contributed by atoms with Crippen molar-refractivity contribution in [3.8, 4) is 0 Å². The molecular weight excluding hydrogens is 387 g/mol. The van der Waals surface area contributed by atoms with Crippen molar-refractivity contribution < 1.29 is 8.42 Å². The highest BCUT2D eigenvalue weighted by Crippen LogP contribution is 2.32. The Labute approximate surface area is 137 Å². The molecule has 0 spiro atoms. The van der Waals surface area contributed by atoms with Crippen LogP contribution >= 0.6 is 39.1 Å². The summed E-state index contributed by atoms with van der Waals surface area (Å²) in [5.41, 5.74) is 0. The fourth-order valence-corrected chi connectivity index (χ4v) is 5.39. The zero-order valence-electron chi connectivity index (χ0n) is 10.6. The quantitative estimate of drug-likeness (QED) is 0.817. The van der Waals surface area contributed by atoms with Gasteiger partial charge in [0, 0.05) is 17.1 Å². The van der Waals surface area contributed by atoms with Crippen molar-refractivity contribution in [3.63, 3.8) is 0 Å². The highest BCUT2D eigenvalue weighted by molar-refractivity contribution is 9.10. The van der Waals surface area contributed by atoms with E-state index in [4.69, 9.17) is 23.2 Å². The van der Waals surface area contributed by atoms with Gasteiger partial charge in [0.05, 0.1) is 10.0 Å². The predicted molar refractivity (Wildman–Crippen MR) is 85.0 cm³/mol. The van der Waals surface area contributed by atoms with E-state index in [0.717, 1.165) is 25.8 Å². The predicted octanol–water partition coefficient (Wildman–Crippen LogP) is 3.18. The summed E-state index contributed by atoms with van der Waals surface area (Å²) in [6, 6.07) is 2.90. The lowest BCUT2D eigenvalue weighted by atomic mass is 10.2. The van der Waals surface area contributed by atoms with Gasteiger partial charge in [0.25, 0.3) is 0 Å². The molecule has 20 heavy (non-hydrogen) atoms. The van der Waals surface area contributed by atoms with Crippen LogP contribution in [-0.4, -0.2) is 27.5 Å². The molecular formula is C12H15BrCl2N2O2S. The van der Waals surface area contributed by atoms with Gasteiger partial charge in [-0.3, -0.25) is 0 Å². The summed E-state index contributed by atoms with van der Waals surface area (Å²) in [4.78, 5) is -0.0618. The molecule has 4 nitrogen and oxygen atoms in total. The van der Waals surface area contributed by atoms with Crippen molar-refractivity contribution in [2.45, 2.75) is 30.2 Å². The molecule has 0 bridgehead atoms. The molecule has 8 heteroatoms. The molecule has 1 heterocycles. The average molecular weight is 402 g/mol. The van der Waals surface area contributed by atoms with E-state index in [1.807, 2.05) is 0 Å². The first-order valence-corrected chi connectivity index (χ1v) is 9.31. The molecule has 2 rings (SSSR count). The van der Waals surface area contributed by atoms with E-state index in [0.29, 0.717) is 11.0 Å². The van der Waals surface area contributed by atoms with E-state index in [1.54, 1.807) is 0 Å². The number of hydrogen-bond acceptors (Lipinski definition) is 3. The number of sulfonamides is 1. The summed E-state index contributed by atoms with van der Waals surface area (Å²) in [6.07, 6.45) is 2.85. The van der Waals surface area contributed by atoms with Gasteiger partial charge in [-0.2, -0.15) is 0 Å². The van der Waals surface area contributed by atoms with Crippen molar-refractivity contribution in [3.05, 3.63) is 26.7 Å². The van der Waals surface area contributed by atoms with Crippen molar-refractivity contribution in [2.75, 3.05) is 13.1 Å². The van der Waals surface area contributed by atoms with Crippen LogP contribution in [0.2, 0.25) is 10.0 Å². The molecule has 1 aromatic rings. The first-order valence-electron chi connectivity index (χ1n) is 6.28. The molecule has 1 atom stereocenters. The van der Waals surface area contributed by atoms with Crippen molar-refractivity contribution >= 4 is 49.2 Å². The molecule has 1 aromatic carbocycles. The fourth-order valence-electron chi connectivity index (χ4n) is 2.18. The van der Waals surface area contributed by atoms with E-state index < -0.39 is 10.0 Å². The van der Waals surface area contributed by atoms with Gasteiger partial charge in [0.1, 0.15) is 4.90 Å². The van der Waals surface area contributed by atoms with Gasteiger partial charge in [-0.1, -0.05) is 45.6 Å². The Morgan fingerprint density at radius 3 is 2.55 bits per heavy atom. The number of benzene rings is 1. The second-order valence-electron chi connectivity index (χ2n) is 4.72. The Hall–Kier alpha value is 0.150. The summed E-state index contributed by atoms with van der Waals surface area (Å²) in [5.74, 6) is 0. The molecule has 0 aromatic heterocycles. The maximum atomic E-state index is 12.4. The van der Waals surface area contributed by atoms with Crippen LogP contribution in [0.3, 0.4) is 0 Å².